The van der Waals surface area contributed by atoms with Crippen LogP contribution in [-0.4, -0.2) is 50.1 Å². The molecule has 1 saturated heterocycles. The number of piperidine rings is 1. The van der Waals surface area contributed by atoms with Gasteiger partial charge in [0.15, 0.2) is 0 Å². The number of rotatable bonds is 2. The molecule has 1 aromatic rings. The maximum Gasteiger partial charge on any atom is 0.244 e. The van der Waals surface area contributed by atoms with Crippen molar-refractivity contribution >= 4 is 5.91 Å². The summed E-state index contributed by atoms with van der Waals surface area (Å²) in [5.74, 6) is -0.0146. The zero-order valence-corrected chi connectivity index (χ0v) is 8.41. The zero-order chi connectivity index (χ0) is 10.7. The Balaban J connectivity index is 1.90. The van der Waals surface area contributed by atoms with Crippen molar-refractivity contribution in [2.24, 2.45) is 0 Å². The molecule has 0 aromatic carbocycles. The fourth-order valence-electron chi connectivity index (χ4n) is 1.74. The number of β-amino-alcohol motifs (C(OH)–C–C–N with tert-alkyl or cyclic N) is 1. The van der Waals surface area contributed by atoms with Gasteiger partial charge in [-0.25, -0.2) is 4.68 Å². The maximum atomic E-state index is 11.7. The molecule has 1 aliphatic heterocycles. The van der Waals surface area contributed by atoms with E-state index in [1.807, 2.05) is 0 Å². The van der Waals surface area contributed by atoms with Crippen molar-refractivity contribution in [1.82, 2.24) is 19.9 Å². The van der Waals surface area contributed by atoms with Crippen molar-refractivity contribution in [1.29, 1.82) is 0 Å². The molecule has 1 N–H and O–H groups in total. The molecule has 1 atom stereocenters. The van der Waals surface area contributed by atoms with E-state index in [0.29, 0.717) is 6.54 Å². The zero-order valence-electron chi connectivity index (χ0n) is 8.41. The van der Waals surface area contributed by atoms with E-state index in [4.69, 9.17) is 0 Å². The van der Waals surface area contributed by atoms with E-state index < -0.39 is 0 Å². The van der Waals surface area contributed by atoms with Crippen LogP contribution in [0.15, 0.2) is 12.4 Å². The van der Waals surface area contributed by atoms with E-state index in [1.165, 1.54) is 4.68 Å². The van der Waals surface area contributed by atoms with Crippen LogP contribution in [0.1, 0.15) is 12.8 Å². The van der Waals surface area contributed by atoms with Crippen LogP contribution in [0.4, 0.5) is 0 Å². The summed E-state index contributed by atoms with van der Waals surface area (Å²) in [5.41, 5.74) is 0. The van der Waals surface area contributed by atoms with E-state index in [-0.39, 0.29) is 18.6 Å². The fourth-order valence-corrected chi connectivity index (χ4v) is 1.74. The number of likely N-dealkylation sites (tertiary alicyclic amines) is 1. The van der Waals surface area contributed by atoms with Gasteiger partial charge in [-0.3, -0.25) is 4.79 Å². The van der Waals surface area contributed by atoms with E-state index in [0.717, 1.165) is 19.4 Å². The second kappa shape index (κ2) is 4.39. The molecule has 0 aliphatic carbocycles. The van der Waals surface area contributed by atoms with Crippen molar-refractivity contribution in [3.8, 4) is 0 Å². The molecule has 1 aromatic heterocycles. The largest absolute Gasteiger partial charge is 0.391 e. The second-order valence-electron chi connectivity index (χ2n) is 3.74. The maximum absolute atomic E-state index is 11.7. The molecule has 0 spiro atoms. The Morgan fingerprint density at radius 3 is 3.13 bits per heavy atom. The van der Waals surface area contributed by atoms with Gasteiger partial charge in [0, 0.05) is 19.3 Å². The van der Waals surface area contributed by atoms with Crippen LogP contribution in [0.2, 0.25) is 0 Å². The summed E-state index contributed by atoms with van der Waals surface area (Å²) in [4.78, 5) is 13.4. The summed E-state index contributed by atoms with van der Waals surface area (Å²) < 4.78 is 1.49. The Morgan fingerprint density at radius 2 is 2.47 bits per heavy atom. The van der Waals surface area contributed by atoms with Gasteiger partial charge in [0.2, 0.25) is 5.91 Å². The van der Waals surface area contributed by atoms with Gasteiger partial charge >= 0.3 is 0 Å². The summed E-state index contributed by atoms with van der Waals surface area (Å²) in [6, 6.07) is 0. The van der Waals surface area contributed by atoms with Gasteiger partial charge in [0.1, 0.15) is 6.54 Å². The predicted octanol–water partition coefficient (Wildman–Crippen LogP) is -0.739. The third kappa shape index (κ3) is 2.53. The lowest BCUT2D eigenvalue weighted by molar-refractivity contribution is -0.135. The number of carbonyl (C=O) groups excluding carboxylic acids is 1. The van der Waals surface area contributed by atoms with Crippen LogP contribution < -0.4 is 0 Å². The first kappa shape index (κ1) is 10.1. The topological polar surface area (TPSA) is 71.2 Å². The van der Waals surface area contributed by atoms with Gasteiger partial charge in [0.25, 0.3) is 0 Å². The number of aliphatic hydroxyl groups excluding tert-OH is 1. The molecule has 1 fully saturated rings. The first-order chi connectivity index (χ1) is 7.25. The number of amides is 1. The summed E-state index contributed by atoms with van der Waals surface area (Å²) in [5, 5.41) is 16.8. The average molecular weight is 210 g/mol. The Morgan fingerprint density at radius 1 is 1.60 bits per heavy atom. The Bertz CT molecular complexity index is 325. The summed E-state index contributed by atoms with van der Waals surface area (Å²) >= 11 is 0. The molecule has 0 saturated carbocycles. The Kier molecular flexibility index (Phi) is 2.96. The number of hydrogen-bond donors (Lipinski definition) is 1. The molecule has 2 rings (SSSR count). The van der Waals surface area contributed by atoms with Gasteiger partial charge in [0.05, 0.1) is 12.3 Å². The number of nitrogens with zero attached hydrogens (tertiary/aromatic N) is 4. The minimum Gasteiger partial charge on any atom is -0.391 e. The van der Waals surface area contributed by atoms with E-state index >= 15 is 0 Å². The molecule has 1 unspecified atom stereocenters. The summed E-state index contributed by atoms with van der Waals surface area (Å²) in [6.45, 7) is 1.37. The average Bonchev–Trinajstić information content (AvgIpc) is 2.70. The number of carbonyl (C=O) groups is 1. The molecule has 2 heterocycles. The Labute approximate surface area is 87.5 Å². The highest BCUT2D eigenvalue weighted by Crippen LogP contribution is 2.10. The molecule has 15 heavy (non-hydrogen) atoms. The standard InChI is InChI=1S/C9H14N4O2/c14-8-2-1-4-12(6-8)9(15)7-13-5-3-10-11-13/h3,5,8,14H,1-2,4,6-7H2. The number of hydrogen-bond acceptors (Lipinski definition) is 4. The Hall–Kier alpha value is -1.43. The minimum atomic E-state index is -0.376. The van der Waals surface area contributed by atoms with Gasteiger partial charge in [-0.1, -0.05) is 5.21 Å². The van der Waals surface area contributed by atoms with Crippen LogP contribution >= 0.6 is 0 Å². The van der Waals surface area contributed by atoms with Gasteiger partial charge < -0.3 is 10.0 Å². The lowest BCUT2D eigenvalue weighted by atomic mass is 10.1. The van der Waals surface area contributed by atoms with Crippen LogP contribution in [0.5, 0.6) is 0 Å². The highest BCUT2D eigenvalue weighted by Gasteiger charge is 2.21. The summed E-state index contributed by atoms with van der Waals surface area (Å²) in [7, 11) is 0. The first-order valence-corrected chi connectivity index (χ1v) is 5.05. The molecule has 82 valence electrons. The van der Waals surface area contributed by atoms with Crippen LogP contribution in [0.25, 0.3) is 0 Å². The second-order valence-corrected chi connectivity index (χ2v) is 3.74. The smallest absolute Gasteiger partial charge is 0.244 e. The van der Waals surface area contributed by atoms with E-state index in [1.54, 1.807) is 17.3 Å². The van der Waals surface area contributed by atoms with Crippen molar-refractivity contribution in [3.05, 3.63) is 12.4 Å². The number of aliphatic hydroxyl groups is 1. The molecule has 1 aliphatic rings. The van der Waals surface area contributed by atoms with Gasteiger partial charge in [-0.2, -0.15) is 0 Å². The molecular formula is C9H14N4O2. The van der Waals surface area contributed by atoms with Crippen molar-refractivity contribution in [2.75, 3.05) is 13.1 Å². The molecule has 1 amide bonds. The number of aromatic nitrogens is 3. The lowest BCUT2D eigenvalue weighted by Gasteiger charge is -2.29. The highest BCUT2D eigenvalue weighted by molar-refractivity contribution is 5.76. The van der Waals surface area contributed by atoms with Gasteiger partial charge in [-0.15, -0.1) is 5.10 Å². The van der Waals surface area contributed by atoms with Crippen LogP contribution in [-0.2, 0) is 11.3 Å². The lowest BCUT2D eigenvalue weighted by Crippen LogP contribution is -2.43. The van der Waals surface area contributed by atoms with Crippen molar-refractivity contribution in [2.45, 2.75) is 25.5 Å². The van der Waals surface area contributed by atoms with E-state index in [2.05, 4.69) is 10.3 Å². The summed E-state index contributed by atoms with van der Waals surface area (Å²) in [6.07, 6.45) is 4.46. The normalized spacial score (nSPS) is 21.7. The molecule has 6 heteroatoms. The molecule has 0 bridgehead atoms. The monoisotopic (exact) mass is 210 g/mol. The third-order valence-corrected chi connectivity index (χ3v) is 2.52. The van der Waals surface area contributed by atoms with Crippen molar-refractivity contribution in [3.63, 3.8) is 0 Å². The predicted molar refractivity (Wildman–Crippen MR) is 51.8 cm³/mol. The van der Waals surface area contributed by atoms with Crippen LogP contribution in [0.3, 0.4) is 0 Å². The minimum absolute atomic E-state index is 0.0146. The first-order valence-electron chi connectivity index (χ1n) is 5.05. The van der Waals surface area contributed by atoms with Crippen molar-refractivity contribution < 1.29 is 9.90 Å². The van der Waals surface area contributed by atoms with Gasteiger partial charge in [-0.05, 0) is 12.8 Å². The SMILES string of the molecule is O=C(Cn1ccnn1)N1CCCC(O)C1. The fraction of sp³-hybridized carbons (Fsp3) is 0.667. The molecule has 0 radical (unpaired) electrons. The molecule has 6 nitrogen and oxygen atoms in total. The van der Waals surface area contributed by atoms with E-state index in [9.17, 15) is 9.90 Å². The van der Waals surface area contributed by atoms with Crippen LogP contribution in [0, 0.1) is 0 Å². The third-order valence-electron chi connectivity index (χ3n) is 2.52. The highest BCUT2D eigenvalue weighted by atomic mass is 16.3. The molecular weight excluding hydrogens is 196 g/mol. The quantitative estimate of drug-likeness (QED) is 0.698.